The SMILES string of the molecule is C=CCS(=O)(=O)NF. The molecule has 0 rings (SSSR count). The van der Waals surface area contributed by atoms with Crippen molar-refractivity contribution in [3.8, 4) is 0 Å². The third kappa shape index (κ3) is 2.70. The Morgan fingerprint density at radius 1 is 1.75 bits per heavy atom. The van der Waals surface area contributed by atoms with Crippen LogP contribution in [0.25, 0.3) is 0 Å². The van der Waals surface area contributed by atoms with Crippen LogP contribution in [0.1, 0.15) is 0 Å². The van der Waals surface area contributed by atoms with Gasteiger partial charge in [0.2, 0.25) is 10.0 Å². The summed E-state index contributed by atoms with van der Waals surface area (Å²) in [6, 6.07) is 0. The van der Waals surface area contributed by atoms with Crippen molar-refractivity contribution in [3.63, 3.8) is 0 Å². The quantitative estimate of drug-likeness (QED) is 0.441. The van der Waals surface area contributed by atoms with Gasteiger partial charge >= 0.3 is 0 Å². The Labute approximate surface area is 47.2 Å². The summed E-state index contributed by atoms with van der Waals surface area (Å²) in [7, 11) is -3.70. The fourth-order valence-electron chi connectivity index (χ4n) is 0.187. The molecule has 0 amide bonds. The zero-order valence-electron chi connectivity index (χ0n) is 4.09. The first kappa shape index (κ1) is 7.58. The average molecular weight is 139 g/mol. The third-order valence-electron chi connectivity index (χ3n) is 0.455. The summed E-state index contributed by atoms with van der Waals surface area (Å²) in [5.74, 6) is -0.385. The topological polar surface area (TPSA) is 46.2 Å². The number of rotatable bonds is 3. The van der Waals surface area contributed by atoms with Crippen LogP contribution in [0.4, 0.5) is 4.48 Å². The standard InChI is InChI=1S/C3H6FNO2S/c1-2-3-8(6,7)5-4/h2,5H,1,3H2. The second-order valence-electron chi connectivity index (χ2n) is 1.15. The van der Waals surface area contributed by atoms with Gasteiger partial charge in [0, 0.05) is 0 Å². The summed E-state index contributed by atoms with van der Waals surface area (Å²) in [6.45, 7) is 3.11. The highest BCUT2D eigenvalue weighted by Gasteiger charge is 2.03. The molecule has 0 bridgehead atoms. The largest absolute Gasteiger partial charge is 0.241 e. The molecule has 0 aromatic rings. The van der Waals surface area contributed by atoms with Crippen molar-refractivity contribution in [2.75, 3.05) is 5.75 Å². The lowest BCUT2D eigenvalue weighted by molar-refractivity contribution is 0.427. The fourth-order valence-corrected chi connectivity index (χ4v) is 0.560. The van der Waals surface area contributed by atoms with Crippen LogP contribution in [-0.2, 0) is 10.0 Å². The van der Waals surface area contributed by atoms with Crippen LogP contribution in [0.5, 0.6) is 0 Å². The van der Waals surface area contributed by atoms with Gasteiger partial charge in [0.1, 0.15) is 0 Å². The normalized spacial score (nSPS) is 11.1. The minimum absolute atomic E-state index is 0.385. The lowest BCUT2D eigenvalue weighted by Gasteiger charge is -1.89. The smallest absolute Gasteiger partial charge is 0.210 e. The van der Waals surface area contributed by atoms with Crippen LogP contribution in [0.2, 0.25) is 0 Å². The summed E-state index contributed by atoms with van der Waals surface area (Å²) in [5.41, 5.74) is 0. The summed E-state index contributed by atoms with van der Waals surface area (Å²) >= 11 is 0. The third-order valence-corrected chi connectivity index (χ3v) is 1.36. The number of hydrogen-bond acceptors (Lipinski definition) is 2. The summed E-state index contributed by atoms with van der Waals surface area (Å²) < 4.78 is 31.2. The molecular formula is C3H6FNO2S. The van der Waals surface area contributed by atoms with Crippen molar-refractivity contribution in [2.45, 2.75) is 0 Å². The van der Waals surface area contributed by atoms with E-state index < -0.39 is 10.0 Å². The Balaban J connectivity index is 3.94. The molecule has 0 saturated heterocycles. The Morgan fingerprint density at radius 3 is 2.38 bits per heavy atom. The molecule has 1 N–H and O–H groups in total. The number of sulfonamides is 1. The van der Waals surface area contributed by atoms with Crippen molar-refractivity contribution >= 4 is 10.0 Å². The molecule has 0 atom stereocenters. The summed E-state index contributed by atoms with van der Waals surface area (Å²) in [4.78, 5) is 0.643. The maximum Gasteiger partial charge on any atom is 0.241 e. The van der Waals surface area contributed by atoms with Crippen LogP contribution in [-0.4, -0.2) is 14.2 Å². The van der Waals surface area contributed by atoms with E-state index >= 15 is 0 Å². The molecule has 0 aromatic carbocycles. The van der Waals surface area contributed by atoms with Crippen molar-refractivity contribution in [3.05, 3.63) is 12.7 Å². The second kappa shape index (κ2) is 2.78. The van der Waals surface area contributed by atoms with Crippen LogP contribution < -0.4 is 4.94 Å². The molecule has 0 aliphatic rings. The van der Waals surface area contributed by atoms with E-state index in [1.54, 1.807) is 0 Å². The van der Waals surface area contributed by atoms with Crippen LogP contribution in [0.3, 0.4) is 0 Å². The monoisotopic (exact) mass is 139 g/mol. The van der Waals surface area contributed by atoms with Gasteiger partial charge in [-0.25, -0.2) is 8.42 Å². The van der Waals surface area contributed by atoms with E-state index in [1.165, 1.54) is 0 Å². The van der Waals surface area contributed by atoms with E-state index in [0.29, 0.717) is 4.94 Å². The molecule has 5 heteroatoms. The van der Waals surface area contributed by atoms with E-state index in [9.17, 15) is 12.9 Å². The van der Waals surface area contributed by atoms with Crippen molar-refractivity contribution in [1.29, 1.82) is 0 Å². The molecule has 8 heavy (non-hydrogen) atoms. The molecule has 0 spiro atoms. The molecular weight excluding hydrogens is 133 g/mol. The Bertz CT molecular complexity index is 162. The second-order valence-corrected chi connectivity index (χ2v) is 2.86. The maximum absolute atomic E-state index is 11.1. The highest BCUT2D eigenvalue weighted by atomic mass is 32.2. The van der Waals surface area contributed by atoms with Crippen LogP contribution in [0, 0.1) is 0 Å². The number of halogens is 1. The molecule has 0 heterocycles. The molecule has 0 saturated carbocycles. The molecule has 0 radical (unpaired) electrons. The van der Waals surface area contributed by atoms with Gasteiger partial charge < -0.3 is 0 Å². The molecule has 0 aliphatic heterocycles. The van der Waals surface area contributed by atoms with Gasteiger partial charge in [-0.1, -0.05) is 11.0 Å². The zero-order valence-corrected chi connectivity index (χ0v) is 4.91. The minimum atomic E-state index is -3.70. The highest BCUT2D eigenvalue weighted by Crippen LogP contribution is 1.81. The average Bonchev–Trinajstić information content (AvgIpc) is 1.67. The van der Waals surface area contributed by atoms with Crippen LogP contribution in [0.15, 0.2) is 12.7 Å². The molecule has 48 valence electrons. The molecule has 0 aliphatic carbocycles. The van der Waals surface area contributed by atoms with Gasteiger partial charge in [0.25, 0.3) is 0 Å². The first-order valence-electron chi connectivity index (χ1n) is 1.83. The summed E-state index contributed by atoms with van der Waals surface area (Å²) in [5, 5.41) is 0. The van der Waals surface area contributed by atoms with E-state index in [4.69, 9.17) is 0 Å². The Kier molecular flexibility index (Phi) is 2.64. The predicted octanol–water partition coefficient (Wildman–Crippen LogP) is -0.0237. The Morgan fingerprint density at radius 2 is 2.25 bits per heavy atom. The van der Waals surface area contributed by atoms with Gasteiger partial charge in [-0.2, -0.15) is 0 Å². The minimum Gasteiger partial charge on any atom is -0.210 e. The molecule has 0 fully saturated rings. The van der Waals surface area contributed by atoms with Gasteiger partial charge in [0.05, 0.1) is 5.75 Å². The summed E-state index contributed by atoms with van der Waals surface area (Å²) in [6.07, 6.45) is 1.10. The van der Waals surface area contributed by atoms with Gasteiger partial charge in [-0.3, -0.25) is 0 Å². The first-order valence-corrected chi connectivity index (χ1v) is 3.48. The van der Waals surface area contributed by atoms with E-state index in [2.05, 4.69) is 6.58 Å². The maximum atomic E-state index is 11.1. The van der Waals surface area contributed by atoms with Crippen molar-refractivity contribution < 1.29 is 12.9 Å². The van der Waals surface area contributed by atoms with E-state index in [0.717, 1.165) is 6.08 Å². The van der Waals surface area contributed by atoms with Crippen molar-refractivity contribution in [2.24, 2.45) is 0 Å². The molecule has 0 aromatic heterocycles. The lowest BCUT2D eigenvalue weighted by atomic mass is 10.8. The lowest BCUT2D eigenvalue weighted by Crippen LogP contribution is -2.16. The number of nitrogens with one attached hydrogen (secondary N) is 1. The highest BCUT2D eigenvalue weighted by molar-refractivity contribution is 7.89. The zero-order chi connectivity index (χ0) is 6.62. The van der Waals surface area contributed by atoms with E-state index in [-0.39, 0.29) is 5.75 Å². The van der Waals surface area contributed by atoms with E-state index in [1.807, 2.05) is 0 Å². The fraction of sp³-hybridized carbons (Fsp3) is 0.333. The molecule has 3 nitrogen and oxygen atoms in total. The van der Waals surface area contributed by atoms with Crippen molar-refractivity contribution in [1.82, 2.24) is 4.94 Å². The number of hydrogen-bond donors (Lipinski definition) is 1. The molecule has 0 unspecified atom stereocenters. The van der Waals surface area contributed by atoms with Gasteiger partial charge in [-0.15, -0.1) is 11.1 Å². The van der Waals surface area contributed by atoms with Crippen LogP contribution >= 0.6 is 0 Å². The predicted molar refractivity (Wildman–Crippen MR) is 28.2 cm³/mol. The van der Waals surface area contributed by atoms with Gasteiger partial charge in [-0.05, 0) is 0 Å². The first-order chi connectivity index (χ1) is 3.62. The Hall–Kier alpha value is -0.420. The van der Waals surface area contributed by atoms with Gasteiger partial charge in [0.15, 0.2) is 0 Å².